The molecule has 1 fully saturated rings. The molecule has 7 heteroatoms. The number of allylic oxidation sites excluding steroid dienone is 1. The quantitative estimate of drug-likeness (QED) is 0.639. The third-order valence-corrected chi connectivity index (χ3v) is 6.79. The van der Waals surface area contributed by atoms with Crippen molar-refractivity contribution in [2.75, 3.05) is 43.4 Å². The van der Waals surface area contributed by atoms with Gasteiger partial charge < -0.3 is 15.2 Å². The lowest BCUT2D eigenvalue weighted by atomic mass is 10.1. The molecule has 0 saturated carbocycles. The lowest BCUT2D eigenvalue weighted by Crippen LogP contribution is -2.49. The van der Waals surface area contributed by atoms with Gasteiger partial charge in [0, 0.05) is 61.7 Å². The van der Waals surface area contributed by atoms with Crippen LogP contribution in [0.3, 0.4) is 0 Å². The van der Waals surface area contributed by atoms with E-state index in [1.165, 1.54) is 12.1 Å². The number of anilines is 2. The summed E-state index contributed by atoms with van der Waals surface area (Å²) in [4.78, 5) is 20.5. The van der Waals surface area contributed by atoms with Gasteiger partial charge in [-0.2, -0.15) is 5.26 Å². The first kappa shape index (κ1) is 21.2. The Kier molecular flexibility index (Phi) is 5.61. The van der Waals surface area contributed by atoms with Crippen molar-refractivity contribution >= 4 is 27.7 Å². The monoisotopic (exact) mass is 443 g/mol. The van der Waals surface area contributed by atoms with Gasteiger partial charge in [-0.3, -0.25) is 9.69 Å². The number of piperazine rings is 1. The number of H-pyrrole nitrogens is 1. The largest absolute Gasteiger partial charge is 0.388 e. The fraction of sp³-hybridized carbons (Fsp3) is 0.308. The molecule has 0 radical (unpaired) electrons. The molecule has 168 valence electrons. The topological polar surface area (TPSA) is 75.2 Å². The highest BCUT2D eigenvalue weighted by Crippen LogP contribution is 2.32. The van der Waals surface area contributed by atoms with Gasteiger partial charge in [-0.05, 0) is 60.9 Å². The van der Waals surface area contributed by atoms with Crippen LogP contribution in [0, 0.1) is 17.1 Å². The predicted molar refractivity (Wildman–Crippen MR) is 130 cm³/mol. The van der Waals surface area contributed by atoms with Crippen LogP contribution < -0.4 is 15.8 Å². The number of hydrogen-bond acceptors (Lipinski definition) is 5. The maximum Gasteiger partial charge on any atom is 0.256 e. The molecule has 0 amide bonds. The van der Waals surface area contributed by atoms with Crippen molar-refractivity contribution in [3.8, 4) is 6.07 Å². The number of hydrogen-bond donors (Lipinski definition) is 2. The summed E-state index contributed by atoms with van der Waals surface area (Å²) in [6.07, 6.45) is 4.20. The van der Waals surface area contributed by atoms with Gasteiger partial charge in [0.2, 0.25) is 0 Å². The SMILES string of the molecule is CNc1cc(F)cc2c(=O)[nH]c(C3=C[C@H](N4CCN(c5ccc(C#N)cc5)CC4)CC3)cc12. The Bertz CT molecular complexity index is 1310. The Balaban J connectivity index is 1.32. The highest BCUT2D eigenvalue weighted by atomic mass is 19.1. The van der Waals surface area contributed by atoms with Crippen LogP contribution in [0.15, 0.2) is 53.3 Å². The molecular formula is C26H26FN5O. The second kappa shape index (κ2) is 8.72. The normalized spacial score (nSPS) is 18.9. The van der Waals surface area contributed by atoms with Crippen molar-refractivity contribution in [1.29, 1.82) is 5.26 Å². The molecule has 2 N–H and O–H groups in total. The Labute approximate surface area is 191 Å². The van der Waals surface area contributed by atoms with E-state index in [0.29, 0.717) is 22.7 Å². The third kappa shape index (κ3) is 4.10. The molecule has 0 bridgehead atoms. The molecule has 1 aliphatic carbocycles. The number of nitrogens with one attached hydrogen (secondary N) is 2. The summed E-state index contributed by atoms with van der Waals surface area (Å²) in [5.74, 6) is -0.426. The van der Waals surface area contributed by atoms with Gasteiger partial charge in [0.05, 0.1) is 17.0 Å². The van der Waals surface area contributed by atoms with Crippen LogP contribution in [0.2, 0.25) is 0 Å². The zero-order valence-electron chi connectivity index (χ0n) is 18.6. The molecule has 6 nitrogen and oxygen atoms in total. The van der Waals surface area contributed by atoms with Crippen molar-refractivity contribution in [3.05, 3.63) is 76.0 Å². The summed E-state index contributed by atoms with van der Waals surface area (Å²) in [5.41, 5.74) is 4.14. The number of benzene rings is 2. The second-order valence-electron chi connectivity index (χ2n) is 8.66. The van der Waals surface area contributed by atoms with Crippen molar-refractivity contribution in [2.24, 2.45) is 0 Å². The summed E-state index contributed by atoms with van der Waals surface area (Å²) in [7, 11) is 1.73. The first-order valence-corrected chi connectivity index (χ1v) is 11.3. The average molecular weight is 444 g/mol. The van der Waals surface area contributed by atoms with E-state index in [4.69, 9.17) is 5.26 Å². The summed E-state index contributed by atoms with van der Waals surface area (Å²) in [6, 6.07) is 14.9. The first-order valence-electron chi connectivity index (χ1n) is 11.3. The van der Waals surface area contributed by atoms with E-state index in [2.05, 4.69) is 32.2 Å². The molecule has 1 atom stereocenters. The van der Waals surface area contributed by atoms with Gasteiger partial charge in [0.25, 0.3) is 5.56 Å². The molecule has 5 rings (SSSR count). The van der Waals surface area contributed by atoms with Gasteiger partial charge in [-0.15, -0.1) is 0 Å². The lowest BCUT2D eigenvalue weighted by Gasteiger charge is -2.38. The van der Waals surface area contributed by atoms with Crippen molar-refractivity contribution in [1.82, 2.24) is 9.88 Å². The minimum absolute atomic E-state index is 0.265. The van der Waals surface area contributed by atoms with Gasteiger partial charge in [-0.1, -0.05) is 6.08 Å². The van der Waals surface area contributed by atoms with Gasteiger partial charge in [0.1, 0.15) is 5.82 Å². The summed E-state index contributed by atoms with van der Waals surface area (Å²) < 4.78 is 13.9. The minimum atomic E-state index is -0.426. The number of aromatic amines is 1. The number of halogens is 1. The number of nitriles is 1. The maximum absolute atomic E-state index is 13.9. The van der Waals surface area contributed by atoms with E-state index < -0.39 is 5.82 Å². The molecule has 2 aliphatic rings. The molecule has 1 saturated heterocycles. The van der Waals surface area contributed by atoms with Gasteiger partial charge >= 0.3 is 0 Å². The summed E-state index contributed by atoms with van der Waals surface area (Å²) in [6.45, 7) is 3.81. The van der Waals surface area contributed by atoms with Crippen LogP contribution in [0.25, 0.3) is 16.3 Å². The van der Waals surface area contributed by atoms with Gasteiger partial charge in [-0.25, -0.2) is 4.39 Å². The summed E-state index contributed by atoms with van der Waals surface area (Å²) in [5, 5.41) is 13.1. The third-order valence-electron chi connectivity index (χ3n) is 6.79. The van der Waals surface area contributed by atoms with Crippen LogP contribution in [0.4, 0.5) is 15.8 Å². The number of aromatic nitrogens is 1. The maximum atomic E-state index is 13.9. The number of rotatable bonds is 4. The number of nitrogens with zero attached hydrogens (tertiary/aromatic N) is 3. The smallest absolute Gasteiger partial charge is 0.256 e. The van der Waals surface area contributed by atoms with E-state index in [1.807, 2.05) is 30.3 Å². The zero-order chi connectivity index (χ0) is 22.9. The Morgan fingerprint density at radius 2 is 1.85 bits per heavy atom. The van der Waals surface area contributed by atoms with Crippen LogP contribution in [0.1, 0.15) is 24.1 Å². The van der Waals surface area contributed by atoms with Crippen molar-refractivity contribution in [2.45, 2.75) is 18.9 Å². The molecule has 33 heavy (non-hydrogen) atoms. The molecule has 0 spiro atoms. The molecule has 3 aromatic rings. The van der Waals surface area contributed by atoms with Crippen LogP contribution in [0.5, 0.6) is 0 Å². The van der Waals surface area contributed by atoms with Gasteiger partial charge in [0.15, 0.2) is 0 Å². The minimum Gasteiger partial charge on any atom is -0.388 e. The zero-order valence-corrected chi connectivity index (χ0v) is 18.6. The van der Waals surface area contributed by atoms with E-state index in [9.17, 15) is 9.18 Å². The molecule has 2 heterocycles. The Hall–Kier alpha value is -3.63. The average Bonchev–Trinajstić information content (AvgIpc) is 3.34. The van der Waals surface area contributed by atoms with Crippen molar-refractivity contribution in [3.63, 3.8) is 0 Å². The molecular weight excluding hydrogens is 417 g/mol. The van der Waals surface area contributed by atoms with E-state index >= 15 is 0 Å². The van der Waals surface area contributed by atoms with Crippen LogP contribution in [-0.2, 0) is 0 Å². The standard InChI is InChI=1S/C26H26FN5O/c1-29-25-14-19(27)13-23-22(25)15-24(30-26(23)33)18-4-7-21(12-18)32-10-8-31(9-11-32)20-5-2-17(16-28)3-6-20/h2-3,5-6,12-15,21,29H,4,7-11H2,1H3,(H,30,33)/t21-/m1/s1. The van der Waals surface area contributed by atoms with Crippen molar-refractivity contribution < 1.29 is 4.39 Å². The van der Waals surface area contributed by atoms with E-state index in [1.54, 1.807) is 7.05 Å². The Morgan fingerprint density at radius 1 is 1.09 bits per heavy atom. The first-order chi connectivity index (χ1) is 16.1. The van der Waals surface area contributed by atoms with E-state index in [0.717, 1.165) is 61.4 Å². The molecule has 1 aromatic heterocycles. The van der Waals surface area contributed by atoms with E-state index in [-0.39, 0.29) is 5.56 Å². The highest BCUT2D eigenvalue weighted by molar-refractivity contribution is 5.95. The molecule has 0 unspecified atom stereocenters. The molecule has 2 aromatic carbocycles. The fourth-order valence-electron chi connectivity index (χ4n) is 4.98. The molecule has 1 aliphatic heterocycles. The highest BCUT2D eigenvalue weighted by Gasteiger charge is 2.27. The van der Waals surface area contributed by atoms with Crippen LogP contribution >= 0.6 is 0 Å². The fourth-order valence-corrected chi connectivity index (χ4v) is 4.98. The number of pyridine rings is 1. The lowest BCUT2D eigenvalue weighted by molar-refractivity contribution is 0.214. The Morgan fingerprint density at radius 3 is 2.55 bits per heavy atom. The number of fused-ring (bicyclic) bond motifs is 1. The van der Waals surface area contributed by atoms with Crippen LogP contribution in [-0.4, -0.2) is 49.2 Å². The second-order valence-corrected chi connectivity index (χ2v) is 8.66. The predicted octanol–water partition coefficient (Wildman–Crippen LogP) is 3.95. The summed E-state index contributed by atoms with van der Waals surface area (Å²) >= 11 is 0.